The molecule has 31 heavy (non-hydrogen) atoms. The molecule has 3 N–H and O–H groups in total. The monoisotopic (exact) mass is 410 g/mol. The molecule has 154 valence electrons. The zero-order valence-electron chi connectivity index (χ0n) is 16.9. The molecular formula is C26H22N2O3. The van der Waals surface area contributed by atoms with Crippen LogP contribution in [0.1, 0.15) is 31.8 Å². The number of nitrogens with two attached hydrogens (primary N) is 1. The fourth-order valence-corrected chi connectivity index (χ4v) is 3.32. The van der Waals surface area contributed by atoms with Crippen molar-refractivity contribution >= 4 is 22.6 Å². The molecule has 0 aromatic heterocycles. The smallest absolute Gasteiger partial charge is 0.255 e. The Morgan fingerprint density at radius 3 is 2.10 bits per heavy atom. The van der Waals surface area contributed by atoms with Crippen molar-refractivity contribution < 1.29 is 14.3 Å². The van der Waals surface area contributed by atoms with Gasteiger partial charge in [-0.2, -0.15) is 0 Å². The van der Waals surface area contributed by atoms with Crippen LogP contribution in [0.15, 0.2) is 91.0 Å². The van der Waals surface area contributed by atoms with E-state index in [1.807, 2.05) is 66.7 Å². The molecule has 4 rings (SSSR count). The van der Waals surface area contributed by atoms with Gasteiger partial charge >= 0.3 is 0 Å². The van der Waals surface area contributed by atoms with Crippen LogP contribution in [0.25, 0.3) is 10.8 Å². The number of amides is 2. The summed E-state index contributed by atoms with van der Waals surface area (Å²) in [6, 6.07) is 28.2. The molecule has 0 bridgehead atoms. The molecule has 0 saturated heterocycles. The largest absolute Gasteiger partial charge is 0.488 e. The number of hydrogen-bond donors (Lipinski definition) is 2. The SMILES string of the molecule is NC(=O)c1ccc(COc2cc3ccccc3cc2C(=O)NCc2ccccc2)cc1. The van der Waals surface area contributed by atoms with E-state index in [0.29, 0.717) is 23.4 Å². The number of rotatable bonds is 7. The first-order valence-electron chi connectivity index (χ1n) is 9.96. The number of benzene rings is 4. The Bertz CT molecular complexity index is 1220. The van der Waals surface area contributed by atoms with Crippen molar-refractivity contribution in [3.05, 3.63) is 113 Å². The molecule has 4 aromatic rings. The molecule has 0 heterocycles. The van der Waals surface area contributed by atoms with Crippen LogP contribution in [0.5, 0.6) is 5.75 Å². The van der Waals surface area contributed by atoms with Crippen LogP contribution in [0.2, 0.25) is 0 Å². The maximum Gasteiger partial charge on any atom is 0.255 e. The van der Waals surface area contributed by atoms with Gasteiger partial charge in [-0.3, -0.25) is 9.59 Å². The average molecular weight is 410 g/mol. The lowest BCUT2D eigenvalue weighted by Gasteiger charge is -2.14. The van der Waals surface area contributed by atoms with Crippen LogP contribution < -0.4 is 15.8 Å². The molecule has 0 aliphatic heterocycles. The van der Waals surface area contributed by atoms with Gasteiger partial charge in [0.2, 0.25) is 5.91 Å². The fraction of sp³-hybridized carbons (Fsp3) is 0.0769. The lowest BCUT2D eigenvalue weighted by Crippen LogP contribution is -2.23. The van der Waals surface area contributed by atoms with E-state index >= 15 is 0 Å². The molecule has 0 fully saturated rings. The standard InChI is InChI=1S/C26H22N2O3/c27-25(29)20-12-10-19(11-13-20)17-31-24-15-22-9-5-4-8-21(22)14-23(24)26(30)28-16-18-6-2-1-3-7-18/h1-15H,16-17H2,(H2,27,29)(H,28,30). The van der Waals surface area contributed by atoms with Crippen LogP contribution in [0.3, 0.4) is 0 Å². The third kappa shape index (κ3) is 4.90. The molecule has 0 aliphatic rings. The summed E-state index contributed by atoms with van der Waals surface area (Å²) in [5.74, 6) is -0.170. The highest BCUT2D eigenvalue weighted by atomic mass is 16.5. The first-order chi connectivity index (χ1) is 15.1. The summed E-state index contributed by atoms with van der Waals surface area (Å²) in [7, 11) is 0. The number of carbonyl (C=O) groups is 2. The van der Waals surface area contributed by atoms with Crippen molar-refractivity contribution in [2.24, 2.45) is 5.73 Å². The molecular weight excluding hydrogens is 388 g/mol. The second-order valence-corrected chi connectivity index (χ2v) is 7.21. The van der Waals surface area contributed by atoms with Crippen LogP contribution in [-0.4, -0.2) is 11.8 Å². The summed E-state index contributed by atoms with van der Waals surface area (Å²) in [5, 5.41) is 4.92. The molecule has 0 spiro atoms. The molecule has 0 saturated carbocycles. The van der Waals surface area contributed by atoms with Crippen molar-refractivity contribution in [2.75, 3.05) is 0 Å². The number of hydrogen-bond acceptors (Lipinski definition) is 3. The third-order valence-corrected chi connectivity index (χ3v) is 5.02. The summed E-state index contributed by atoms with van der Waals surface area (Å²) in [6.07, 6.45) is 0. The van der Waals surface area contributed by atoms with Crippen molar-refractivity contribution in [1.29, 1.82) is 0 Å². The quantitative estimate of drug-likeness (QED) is 0.472. The van der Waals surface area contributed by atoms with Crippen LogP contribution in [0, 0.1) is 0 Å². The van der Waals surface area contributed by atoms with E-state index in [1.165, 1.54) is 0 Å². The van der Waals surface area contributed by atoms with Gasteiger partial charge in [0, 0.05) is 12.1 Å². The minimum absolute atomic E-state index is 0.200. The molecule has 2 amide bonds. The minimum Gasteiger partial charge on any atom is -0.488 e. The Kier molecular flexibility index (Phi) is 5.94. The number of carbonyl (C=O) groups excluding carboxylic acids is 2. The maximum absolute atomic E-state index is 13.0. The Hall–Kier alpha value is -4.12. The molecule has 0 aliphatic carbocycles. The highest BCUT2D eigenvalue weighted by molar-refractivity contribution is 6.01. The lowest BCUT2D eigenvalue weighted by atomic mass is 10.0. The predicted molar refractivity (Wildman–Crippen MR) is 121 cm³/mol. The van der Waals surface area contributed by atoms with Gasteiger partial charge in [-0.15, -0.1) is 0 Å². The second kappa shape index (κ2) is 9.13. The van der Waals surface area contributed by atoms with Crippen molar-refractivity contribution in [2.45, 2.75) is 13.2 Å². The van der Waals surface area contributed by atoms with Gasteiger partial charge in [-0.1, -0.05) is 66.7 Å². The van der Waals surface area contributed by atoms with Crippen molar-refractivity contribution in [3.63, 3.8) is 0 Å². The highest BCUT2D eigenvalue weighted by Crippen LogP contribution is 2.27. The number of nitrogens with one attached hydrogen (secondary N) is 1. The Morgan fingerprint density at radius 1 is 0.774 bits per heavy atom. The number of primary amides is 1. The molecule has 0 atom stereocenters. The Morgan fingerprint density at radius 2 is 1.42 bits per heavy atom. The van der Waals surface area contributed by atoms with Crippen LogP contribution in [-0.2, 0) is 13.2 Å². The highest BCUT2D eigenvalue weighted by Gasteiger charge is 2.15. The van der Waals surface area contributed by atoms with E-state index in [1.54, 1.807) is 24.3 Å². The van der Waals surface area contributed by atoms with Crippen LogP contribution in [0.4, 0.5) is 0 Å². The van der Waals surface area contributed by atoms with E-state index in [4.69, 9.17) is 10.5 Å². The zero-order valence-corrected chi connectivity index (χ0v) is 16.9. The van der Waals surface area contributed by atoms with Crippen molar-refractivity contribution in [1.82, 2.24) is 5.32 Å². The third-order valence-electron chi connectivity index (χ3n) is 5.02. The average Bonchev–Trinajstić information content (AvgIpc) is 2.81. The van der Waals surface area contributed by atoms with Gasteiger partial charge < -0.3 is 15.8 Å². The summed E-state index contributed by atoms with van der Waals surface area (Å²) < 4.78 is 6.03. The van der Waals surface area contributed by atoms with Gasteiger partial charge in [0.1, 0.15) is 12.4 Å². The van der Waals surface area contributed by atoms with E-state index in [9.17, 15) is 9.59 Å². The molecule has 4 aromatic carbocycles. The summed E-state index contributed by atoms with van der Waals surface area (Å²) in [6.45, 7) is 0.691. The minimum atomic E-state index is -0.473. The number of fused-ring (bicyclic) bond motifs is 1. The maximum atomic E-state index is 13.0. The van der Waals surface area contributed by atoms with Gasteiger partial charge in [-0.25, -0.2) is 0 Å². The summed E-state index contributed by atoms with van der Waals surface area (Å²) in [5.41, 5.74) is 8.10. The van der Waals surface area contributed by atoms with E-state index in [0.717, 1.165) is 21.9 Å². The lowest BCUT2D eigenvalue weighted by molar-refractivity contribution is 0.0945. The first-order valence-corrected chi connectivity index (χ1v) is 9.96. The second-order valence-electron chi connectivity index (χ2n) is 7.21. The molecule has 0 radical (unpaired) electrons. The summed E-state index contributed by atoms with van der Waals surface area (Å²) in [4.78, 5) is 24.2. The molecule has 5 heteroatoms. The Balaban J connectivity index is 1.56. The number of ether oxygens (including phenoxy) is 1. The van der Waals surface area contributed by atoms with Gasteiger partial charge in [0.15, 0.2) is 0 Å². The van der Waals surface area contributed by atoms with E-state index < -0.39 is 5.91 Å². The predicted octanol–water partition coefficient (Wildman–Crippen LogP) is 4.45. The fourth-order valence-electron chi connectivity index (χ4n) is 3.32. The van der Waals surface area contributed by atoms with Crippen LogP contribution >= 0.6 is 0 Å². The van der Waals surface area contributed by atoms with E-state index in [2.05, 4.69) is 5.32 Å². The zero-order chi connectivity index (χ0) is 21.6. The van der Waals surface area contributed by atoms with E-state index in [-0.39, 0.29) is 12.5 Å². The van der Waals surface area contributed by atoms with Crippen molar-refractivity contribution in [3.8, 4) is 5.75 Å². The summed E-state index contributed by atoms with van der Waals surface area (Å²) >= 11 is 0. The van der Waals surface area contributed by atoms with Gasteiger partial charge in [-0.05, 0) is 46.2 Å². The molecule has 5 nitrogen and oxygen atoms in total. The first kappa shape index (κ1) is 20.2. The topological polar surface area (TPSA) is 81.4 Å². The molecule has 0 unspecified atom stereocenters. The van der Waals surface area contributed by atoms with Gasteiger partial charge in [0.25, 0.3) is 5.91 Å². The van der Waals surface area contributed by atoms with Gasteiger partial charge in [0.05, 0.1) is 5.56 Å². The normalized spacial score (nSPS) is 10.6. The Labute approximate surface area is 180 Å².